The Morgan fingerprint density at radius 3 is 2.61 bits per heavy atom. The minimum absolute atomic E-state index is 0.0268. The number of nitrogens with zero attached hydrogens (tertiary/aromatic N) is 2. The Morgan fingerprint density at radius 1 is 1.21 bits per heavy atom. The first-order chi connectivity index (χ1) is 13.5. The Kier molecular flexibility index (Phi) is 6.57. The highest BCUT2D eigenvalue weighted by molar-refractivity contribution is 5.90. The molecule has 0 aliphatic carbocycles. The van der Waals surface area contributed by atoms with Crippen LogP contribution in [0, 0.1) is 5.82 Å². The van der Waals surface area contributed by atoms with Crippen molar-refractivity contribution in [2.24, 2.45) is 0 Å². The molecule has 28 heavy (non-hydrogen) atoms. The minimum atomic E-state index is -0.348. The van der Waals surface area contributed by atoms with Crippen molar-refractivity contribution in [2.75, 3.05) is 18.4 Å². The van der Waals surface area contributed by atoms with Crippen LogP contribution >= 0.6 is 0 Å². The molecule has 0 saturated carbocycles. The summed E-state index contributed by atoms with van der Waals surface area (Å²) in [6.45, 7) is 2.93. The monoisotopic (exact) mass is 385 g/mol. The maximum atomic E-state index is 13.7. The molecular weight excluding hydrogens is 361 g/mol. The van der Waals surface area contributed by atoms with Gasteiger partial charge in [-0.2, -0.15) is 0 Å². The lowest BCUT2D eigenvalue weighted by Crippen LogP contribution is -2.42. The Balaban J connectivity index is 1.47. The molecule has 0 unspecified atom stereocenters. The van der Waals surface area contributed by atoms with Crippen molar-refractivity contribution in [3.63, 3.8) is 0 Å². The molecule has 0 radical (unpaired) electrons. The van der Waals surface area contributed by atoms with Gasteiger partial charge < -0.3 is 15.0 Å². The van der Waals surface area contributed by atoms with Crippen molar-refractivity contribution in [2.45, 2.75) is 38.7 Å². The van der Waals surface area contributed by atoms with Crippen LogP contribution in [0.4, 0.5) is 10.1 Å². The van der Waals surface area contributed by atoms with Crippen LogP contribution in [0.2, 0.25) is 0 Å². The Morgan fingerprint density at radius 2 is 1.96 bits per heavy atom. The number of halogens is 1. The standard InChI is InChI=1S/C21H24FN3O3/c1-2-19(26)24-16-7-8-20(23-14-16)28-17-9-11-25(12-10-17)21(27)13-15-5-3-4-6-18(15)22/h3-8,14,17H,2,9-13H2,1H3,(H,24,26). The number of carbonyl (C=O) groups is 2. The zero-order valence-corrected chi connectivity index (χ0v) is 15.9. The molecule has 2 aromatic rings. The number of pyridine rings is 1. The smallest absolute Gasteiger partial charge is 0.227 e. The molecule has 2 heterocycles. The van der Waals surface area contributed by atoms with E-state index < -0.39 is 0 Å². The van der Waals surface area contributed by atoms with Gasteiger partial charge in [-0.3, -0.25) is 9.59 Å². The quantitative estimate of drug-likeness (QED) is 0.829. The van der Waals surface area contributed by atoms with Crippen LogP contribution < -0.4 is 10.1 Å². The van der Waals surface area contributed by atoms with Gasteiger partial charge in [-0.1, -0.05) is 25.1 Å². The van der Waals surface area contributed by atoms with Gasteiger partial charge in [-0.15, -0.1) is 0 Å². The van der Waals surface area contributed by atoms with Crippen molar-refractivity contribution < 1.29 is 18.7 Å². The van der Waals surface area contributed by atoms with Crippen LogP contribution in [0.3, 0.4) is 0 Å². The number of piperidine rings is 1. The number of nitrogens with one attached hydrogen (secondary N) is 1. The van der Waals surface area contributed by atoms with E-state index in [-0.39, 0.29) is 30.2 Å². The first kappa shape index (κ1) is 19.8. The second kappa shape index (κ2) is 9.30. The highest BCUT2D eigenvalue weighted by atomic mass is 19.1. The van der Waals surface area contributed by atoms with Crippen molar-refractivity contribution in [1.29, 1.82) is 0 Å². The normalized spacial score (nSPS) is 14.6. The van der Waals surface area contributed by atoms with E-state index in [9.17, 15) is 14.0 Å². The maximum Gasteiger partial charge on any atom is 0.227 e. The first-order valence-corrected chi connectivity index (χ1v) is 9.49. The van der Waals surface area contributed by atoms with Crippen LogP contribution in [-0.4, -0.2) is 40.9 Å². The molecule has 0 spiro atoms. The molecule has 1 aromatic carbocycles. The average Bonchev–Trinajstić information content (AvgIpc) is 2.71. The average molecular weight is 385 g/mol. The third kappa shape index (κ3) is 5.28. The van der Waals surface area contributed by atoms with E-state index in [1.54, 1.807) is 48.4 Å². The fraction of sp³-hybridized carbons (Fsp3) is 0.381. The highest BCUT2D eigenvalue weighted by Crippen LogP contribution is 2.20. The lowest BCUT2D eigenvalue weighted by atomic mass is 10.1. The van der Waals surface area contributed by atoms with E-state index in [1.165, 1.54) is 6.07 Å². The highest BCUT2D eigenvalue weighted by Gasteiger charge is 2.24. The zero-order chi connectivity index (χ0) is 19.9. The molecule has 1 saturated heterocycles. The van der Waals surface area contributed by atoms with E-state index in [0.717, 1.165) is 0 Å². The zero-order valence-electron chi connectivity index (χ0n) is 15.9. The van der Waals surface area contributed by atoms with Gasteiger partial charge in [-0.05, 0) is 17.7 Å². The number of likely N-dealkylation sites (tertiary alicyclic amines) is 1. The van der Waals surface area contributed by atoms with Crippen molar-refractivity contribution in [1.82, 2.24) is 9.88 Å². The van der Waals surface area contributed by atoms with E-state index in [2.05, 4.69) is 10.3 Å². The van der Waals surface area contributed by atoms with Gasteiger partial charge in [0.25, 0.3) is 0 Å². The molecule has 1 fully saturated rings. The van der Waals surface area contributed by atoms with Gasteiger partial charge in [0.1, 0.15) is 11.9 Å². The van der Waals surface area contributed by atoms with Crippen LogP contribution in [0.1, 0.15) is 31.7 Å². The summed E-state index contributed by atoms with van der Waals surface area (Å²) in [4.78, 5) is 29.8. The number of benzene rings is 1. The molecule has 0 atom stereocenters. The number of hydrogen-bond acceptors (Lipinski definition) is 4. The van der Waals surface area contributed by atoms with Gasteiger partial charge in [-0.25, -0.2) is 9.37 Å². The van der Waals surface area contributed by atoms with Crippen molar-refractivity contribution in [3.8, 4) is 5.88 Å². The summed E-state index contributed by atoms with van der Waals surface area (Å²) in [6, 6.07) is 9.84. The van der Waals surface area contributed by atoms with Crippen molar-refractivity contribution >= 4 is 17.5 Å². The molecule has 1 aliphatic heterocycles. The summed E-state index contributed by atoms with van der Waals surface area (Å²) < 4.78 is 19.6. The fourth-order valence-corrected chi connectivity index (χ4v) is 3.08. The maximum absolute atomic E-state index is 13.7. The topological polar surface area (TPSA) is 71.5 Å². The number of rotatable bonds is 6. The number of aromatic nitrogens is 1. The lowest BCUT2D eigenvalue weighted by Gasteiger charge is -2.32. The fourth-order valence-electron chi connectivity index (χ4n) is 3.08. The van der Waals surface area contributed by atoms with E-state index in [1.807, 2.05) is 0 Å². The summed E-state index contributed by atoms with van der Waals surface area (Å²) in [5, 5.41) is 2.74. The summed E-state index contributed by atoms with van der Waals surface area (Å²) in [5.41, 5.74) is 1.05. The van der Waals surface area contributed by atoms with Gasteiger partial charge in [0.05, 0.1) is 18.3 Å². The largest absolute Gasteiger partial charge is 0.474 e. The van der Waals surface area contributed by atoms with Crippen molar-refractivity contribution in [3.05, 3.63) is 54.0 Å². The predicted octanol–water partition coefficient (Wildman–Crippen LogP) is 3.18. The van der Waals surface area contributed by atoms with E-state index >= 15 is 0 Å². The number of anilines is 1. The molecule has 148 valence electrons. The van der Waals surface area contributed by atoms with Gasteiger partial charge in [0, 0.05) is 38.4 Å². The van der Waals surface area contributed by atoms with Gasteiger partial charge >= 0.3 is 0 Å². The molecule has 2 amide bonds. The number of ether oxygens (including phenoxy) is 1. The van der Waals surface area contributed by atoms with Crippen LogP contribution in [-0.2, 0) is 16.0 Å². The summed E-state index contributed by atoms with van der Waals surface area (Å²) >= 11 is 0. The first-order valence-electron chi connectivity index (χ1n) is 9.49. The second-order valence-electron chi connectivity index (χ2n) is 6.75. The summed E-state index contributed by atoms with van der Waals surface area (Å²) in [5.74, 6) is 0.00457. The summed E-state index contributed by atoms with van der Waals surface area (Å²) in [6.07, 6.45) is 3.41. The SMILES string of the molecule is CCC(=O)Nc1ccc(OC2CCN(C(=O)Cc3ccccc3F)CC2)nc1. The second-order valence-corrected chi connectivity index (χ2v) is 6.75. The Labute approximate surface area is 163 Å². The van der Waals surface area contributed by atoms with Crippen LogP contribution in [0.25, 0.3) is 0 Å². The molecule has 7 heteroatoms. The molecule has 1 aliphatic rings. The van der Waals surface area contributed by atoms with Crippen LogP contribution in [0.5, 0.6) is 5.88 Å². The molecule has 6 nitrogen and oxygen atoms in total. The molecule has 0 bridgehead atoms. The Hall–Kier alpha value is -2.96. The molecule has 3 rings (SSSR count). The van der Waals surface area contributed by atoms with E-state index in [0.29, 0.717) is 49.5 Å². The minimum Gasteiger partial charge on any atom is -0.474 e. The molecular formula is C21H24FN3O3. The summed E-state index contributed by atoms with van der Waals surface area (Å²) in [7, 11) is 0. The van der Waals surface area contributed by atoms with Gasteiger partial charge in [0.2, 0.25) is 17.7 Å². The van der Waals surface area contributed by atoms with Crippen LogP contribution in [0.15, 0.2) is 42.6 Å². The number of amides is 2. The lowest BCUT2D eigenvalue weighted by molar-refractivity contribution is -0.132. The number of carbonyl (C=O) groups excluding carboxylic acids is 2. The number of hydrogen-bond donors (Lipinski definition) is 1. The third-order valence-corrected chi connectivity index (χ3v) is 4.72. The Bertz CT molecular complexity index is 818. The third-order valence-electron chi connectivity index (χ3n) is 4.72. The van der Waals surface area contributed by atoms with E-state index in [4.69, 9.17) is 4.74 Å². The molecule has 1 aromatic heterocycles. The molecule has 1 N–H and O–H groups in total. The van der Waals surface area contributed by atoms with Gasteiger partial charge in [0.15, 0.2) is 0 Å². The predicted molar refractivity (Wildman–Crippen MR) is 103 cm³/mol.